The molecule has 1 atom stereocenters. The zero-order valence-corrected chi connectivity index (χ0v) is 20.1. The van der Waals surface area contributed by atoms with Gasteiger partial charge >= 0.3 is 5.97 Å². The Hall–Kier alpha value is -4.59. The van der Waals surface area contributed by atoms with Crippen molar-refractivity contribution in [3.63, 3.8) is 0 Å². The number of amides is 1. The number of ketones is 1. The number of hydrogen-bond donors (Lipinski definition) is 1. The number of aliphatic hydroxyl groups excluding tert-OH is 1. The maximum atomic E-state index is 13.4. The first kappa shape index (κ1) is 24.5. The van der Waals surface area contributed by atoms with E-state index in [1.807, 2.05) is 0 Å². The molecule has 0 aromatic heterocycles. The molecule has 36 heavy (non-hydrogen) atoms. The maximum absolute atomic E-state index is 13.4. The molecule has 1 aliphatic heterocycles. The number of hydrogen-bond acceptors (Lipinski definition) is 7. The maximum Gasteiger partial charge on any atom is 0.338 e. The molecule has 0 bridgehead atoms. The molecule has 0 spiro atoms. The van der Waals surface area contributed by atoms with E-state index in [1.165, 1.54) is 31.3 Å². The van der Waals surface area contributed by atoms with Gasteiger partial charge in [0.05, 0.1) is 38.0 Å². The molecule has 1 amide bonds. The molecular formula is C28H25NO7. The number of ether oxygens (including phenoxy) is 3. The molecule has 1 fully saturated rings. The van der Waals surface area contributed by atoms with E-state index in [0.717, 1.165) is 0 Å². The molecular weight excluding hydrogens is 462 g/mol. The monoisotopic (exact) mass is 487 g/mol. The van der Waals surface area contributed by atoms with E-state index in [0.29, 0.717) is 33.9 Å². The normalized spacial score (nSPS) is 16.6. The van der Waals surface area contributed by atoms with Gasteiger partial charge in [-0.25, -0.2) is 4.79 Å². The van der Waals surface area contributed by atoms with Gasteiger partial charge in [-0.05, 0) is 43.3 Å². The number of nitrogens with zero attached hydrogens (tertiary/aromatic N) is 1. The summed E-state index contributed by atoms with van der Waals surface area (Å²) in [5.74, 6) is -1.57. The van der Waals surface area contributed by atoms with Crippen molar-refractivity contribution in [2.45, 2.75) is 13.0 Å². The molecule has 8 heteroatoms. The van der Waals surface area contributed by atoms with Gasteiger partial charge in [0.15, 0.2) is 0 Å². The van der Waals surface area contributed by atoms with E-state index in [-0.39, 0.29) is 17.9 Å². The summed E-state index contributed by atoms with van der Waals surface area (Å²) in [6, 6.07) is 18.7. The van der Waals surface area contributed by atoms with Gasteiger partial charge in [0.2, 0.25) is 0 Å². The van der Waals surface area contributed by atoms with Crippen molar-refractivity contribution in [3.8, 4) is 11.5 Å². The first-order chi connectivity index (χ1) is 17.4. The van der Waals surface area contributed by atoms with E-state index in [1.54, 1.807) is 67.6 Å². The summed E-state index contributed by atoms with van der Waals surface area (Å²) in [6.07, 6.45) is 0. The number of benzene rings is 3. The Morgan fingerprint density at radius 1 is 0.917 bits per heavy atom. The number of esters is 1. The van der Waals surface area contributed by atoms with Crippen LogP contribution in [0.15, 0.2) is 78.4 Å². The van der Waals surface area contributed by atoms with Crippen molar-refractivity contribution in [1.82, 2.24) is 0 Å². The highest BCUT2D eigenvalue weighted by molar-refractivity contribution is 6.51. The Labute approximate surface area is 208 Å². The van der Waals surface area contributed by atoms with Crippen LogP contribution in [0, 0.1) is 0 Å². The van der Waals surface area contributed by atoms with Crippen LogP contribution in [0.2, 0.25) is 0 Å². The number of aliphatic hydroxyl groups is 1. The van der Waals surface area contributed by atoms with Crippen molar-refractivity contribution in [1.29, 1.82) is 0 Å². The lowest BCUT2D eigenvalue weighted by atomic mass is 9.94. The predicted molar refractivity (Wildman–Crippen MR) is 133 cm³/mol. The van der Waals surface area contributed by atoms with E-state index in [9.17, 15) is 19.5 Å². The second-order valence-electron chi connectivity index (χ2n) is 7.91. The molecule has 3 aromatic rings. The van der Waals surface area contributed by atoms with Gasteiger partial charge in [-0.2, -0.15) is 0 Å². The summed E-state index contributed by atoms with van der Waals surface area (Å²) >= 11 is 0. The molecule has 0 saturated carbocycles. The van der Waals surface area contributed by atoms with E-state index >= 15 is 0 Å². The Kier molecular flexibility index (Phi) is 7.05. The number of anilines is 1. The molecule has 1 saturated heterocycles. The zero-order valence-electron chi connectivity index (χ0n) is 20.1. The summed E-state index contributed by atoms with van der Waals surface area (Å²) < 4.78 is 15.9. The van der Waals surface area contributed by atoms with Gasteiger partial charge in [-0.3, -0.25) is 14.5 Å². The molecule has 1 heterocycles. The van der Waals surface area contributed by atoms with Gasteiger partial charge in [-0.15, -0.1) is 0 Å². The highest BCUT2D eigenvalue weighted by atomic mass is 16.5. The molecule has 8 nitrogen and oxygen atoms in total. The average Bonchev–Trinajstić information content (AvgIpc) is 3.18. The summed E-state index contributed by atoms with van der Waals surface area (Å²) in [5.41, 5.74) is 1.46. The number of rotatable bonds is 7. The smallest absolute Gasteiger partial charge is 0.338 e. The van der Waals surface area contributed by atoms with Crippen molar-refractivity contribution in [2.75, 3.05) is 25.7 Å². The van der Waals surface area contributed by atoms with Crippen LogP contribution in [-0.2, 0) is 14.3 Å². The summed E-state index contributed by atoms with van der Waals surface area (Å²) in [4.78, 5) is 40.1. The van der Waals surface area contributed by atoms with Crippen molar-refractivity contribution in [2.24, 2.45) is 0 Å². The van der Waals surface area contributed by atoms with Crippen LogP contribution in [0.3, 0.4) is 0 Å². The third-order valence-corrected chi connectivity index (χ3v) is 5.88. The fourth-order valence-corrected chi connectivity index (χ4v) is 4.16. The van der Waals surface area contributed by atoms with Crippen LogP contribution >= 0.6 is 0 Å². The fourth-order valence-electron chi connectivity index (χ4n) is 4.16. The van der Waals surface area contributed by atoms with Gasteiger partial charge in [0.1, 0.15) is 17.3 Å². The molecule has 184 valence electrons. The predicted octanol–water partition coefficient (Wildman–Crippen LogP) is 4.51. The largest absolute Gasteiger partial charge is 0.507 e. The Morgan fingerprint density at radius 3 is 2.22 bits per heavy atom. The second kappa shape index (κ2) is 10.4. The van der Waals surface area contributed by atoms with Crippen LogP contribution in [-0.4, -0.2) is 43.6 Å². The number of methoxy groups -OCH3 is 2. The van der Waals surface area contributed by atoms with E-state index in [2.05, 4.69) is 0 Å². The summed E-state index contributed by atoms with van der Waals surface area (Å²) in [7, 11) is 2.98. The lowest BCUT2D eigenvalue weighted by Crippen LogP contribution is -2.29. The van der Waals surface area contributed by atoms with E-state index in [4.69, 9.17) is 14.2 Å². The number of carbonyl (C=O) groups excluding carboxylic acids is 3. The topological polar surface area (TPSA) is 102 Å². The molecule has 0 unspecified atom stereocenters. The average molecular weight is 488 g/mol. The van der Waals surface area contributed by atoms with Crippen LogP contribution in [0.1, 0.15) is 34.5 Å². The minimum absolute atomic E-state index is 0.0795. The molecule has 1 aliphatic rings. The highest BCUT2D eigenvalue weighted by Gasteiger charge is 2.48. The molecule has 4 rings (SSSR count). The van der Waals surface area contributed by atoms with Gasteiger partial charge in [0, 0.05) is 22.9 Å². The Balaban J connectivity index is 1.91. The van der Waals surface area contributed by atoms with Crippen molar-refractivity contribution in [3.05, 3.63) is 95.1 Å². The van der Waals surface area contributed by atoms with E-state index < -0.39 is 23.7 Å². The fraction of sp³-hybridized carbons (Fsp3) is 0.179. The lowest BCUT2D eigenvalue weighted by Gasteiger charge is -2.27. The van der Waals surface area contributed by atoms with Gasteiger partial charge in [-0.1, -0.05) is 30.3 Å². The van der Waals surface area contributed by atoms with Crippen molar-refractivity contribution >= 4 is 29.1 Å². The SMILES string of the molecule is CCOC(=O)c1ccc(N2C(=O)C(=O)/C(=C(/O)c3ccccc3)[C@H]2c2ccc(OC)cc2OC)cc1. The third-order valence-electron chi connectivity index (χ3n) is 5.88. The van der Waals surface area contributed by atoms with Crippen LogP contribution < -0.4 is 14.4 Å². The zero-order chi connectivity index (χ0) is 25.8. The standard InChI is InChI=1S/C28H25NO7/c1-4-36-28(33)18-10-12-19(13-11-18)29-24(21-15-14-20(34-2)16-22(21)35-3)23(26(31)27(29)32)25(30)17-8-6-5-7-9-17/h5-16,24,30H,4H2,1-3H3/b25-23+/t24-/m1/s1. The second-order valence-corrected chi connectivity index (χ2v) is 7.91. The quantitative estimate of drug-likeness (QED) is 0.226. The molecule has 0 aliphatic carbocycles. The van der Waals surface area contributed by atoms with Crippen LogP contribution in [0.25, 0.3) is 5.76 Å². The third kappa shape index (κ3) is 4.40. The highest BCUT2D eigenvalue weighted by Crippen LogP contribution is 2.45. The minimum Gasteiger partial charge on any atom is -0.507 e. The molecule has 1 N–H and O–H groups in total. The first-order valence-electron chi connectivity index (χ1n) is 11.3. The minimum atomic E-state index is -1.00. The molecule has 3 aromatic carbocycles. The molecule has 0 radical (unpaired) electrons. The lowest BCUT2D eigenvalue weighted by molar-refractivity contribution is -0.132. The Bertz CT molecular complexity index is 1330. The summed E-state index contributed by atoms with van der Waals surface area (Å²) in [6.45, 7) is 1.94. The van der Waals surface area contributed by atoms with Crippen molar-refractivity contribution < 1.29 is 33.7 Å². The summed E-state index contributed by atoms with van der Waals surface area (Å²) in [5, 5.41) is 11.2. The first-order valence-corrected chi connectivity index (χ1v) is 11.3. The van der Waals surface area contributed by atoms with Gasteiger partial charge < -0.3 is 19.3 Å². The van der Waals surface area contributed by atoms with Gasteiger partial charge in [0.25, 0.3) is 11.7 Å². The van der Waals surface area contributed by atoms with Crippen LogP contribution in [0.5, 0.6) is 11.5 Å². The van der Waals surface area contributed by atoms with Crippen LogP contribution in [0.4, 0.5) is 5.69 Å². The number of Topliss-reactive ketones (excluding diaryl/α,β-unsaturated/α-hetero) is 1. The number of carbonyl (C=O) groups is 3. The Morgan fingerprint density at radius 2 is 1.61 bits per heavy atom.